The molecule has 0 aliphatic carbocycles. The Kier molecular flexibility index (Phi) is 7.21. The lowest BCUT2D eigenvalue weighted by Crippen LogP contribution is -2.43. The third-order valence-corrected chi connectivity index (χ3v) is 8.07. The van der Waals surface area contributed by atoms with Gasteiger partial charge in [0.15, 0.2) is 0 Å². The number of carbonyl (C=O) groups excluding carboxylic acids is 1. The maximum atomic E-state index is 14.2. The second-order valence-electron chi connectivity index (χ2n) is 9.90. The minimum absolute atomic E-state index is 0.114. The highest BCUT2D eigenvalue weighted by Gasteiger charge is 2.30. The van der Waals surface area contributed by atoms with Gasteiger partial charge in [0.1, 0.15) is 28.1 Å². The van der Waals surface area contributed by atoms with Crippen LogP contribution in [0.25, 0.3) is 16.0 Å². The van der Waals surface area contributed by atoms with Crippen molar-refractivity contribution in [1.82, 2.24) is 19.4 Å². The fourth-order valence-electron chi connectivity index (χ4n) is 4.84. The van der Waals surface area contributed by atoms with Crippen molar-refractivity contribution in [3.8, 4) is 10.8 Å². The van der Waals surface area contributed by atoms with Crippen LogP contribution in [0.2, 0.25) is 0 Å². The molecule has 0 spiro atoms. The zero-order chi connectivity index (χ0) is 27.0. The molecule has 1 amide bonds. The van der Waals surface area contributed by atoms with Crippen molar-refractivity contribution in [2.24, 2.45) is 5.73 Å². The van der Waals surface area contributed by atoms with Crippen LogP contribution < -0.4 is 10.5 Å². The Bertz CT molecular complexity index is 1450. The third kappa shape index (κ3) is 5.43. The number of benzene rings is 2. The number of fused-ring (bicyclic) bond motifs is 1. The van der Waals surface area contributed by atoms with E-state index >= 15 is 0 Å². The summed E-state index contributed by atoms with van der Waals surface area (Å²) in [6.07, 6.45) is 0.980. The molecule has 5 rings (SSSR count). The Morgan fingerprint density at radius 2 is 1.89 bits per heavy atom. The van der Waals surface area contributed by atoms with Gasteiger partial charge in [0.05, 0.1) is 11.0 Å². The molecule has 10 heteroatoms. The molecule has 1 aliphatic heterocycles. The van der Waals surface area contributed by atoms with Crippen LogP contribution in [-0.2, 0) is 12.5 Å². The van der Waals surface area contributed by atoms with E-state index in [0.29, 0.717) is 10.6 Å². The van der Waals surface area contributed by atoms with E-state index < -0.39 is 17.9 Å². The van der Waals surface area contributed by atoms with Crippen LogP contribution in [0.1, 0.15) is 46.3 Å². The fraction of sp³-hybridized carbons (Fsp3) is 0.357. The Hall–Kier alpha value is -3.34. The smallest absolute Gasteiger partial charge is 0.270 e. The summed E-state index contributed by atoms with van der Waals surface area (Å²) in [5, 5.41) is 0.703. The number of amides is 1. The normalized spacial score (nSPS) is 16.1. The van der Waals surface area contributed by atoms with Gasteiger partial charge in [-0.2, -0.15) is 0 Å². The highest BCUT2D eigenvalue weighted by atomic mass is 32.1. The highest BCUT2D eigenvalue weighted by Crippen LogP contribution is 2.38. The molecule has 1 atom stereocenters. The number of primary amides is 1. The Morgan fingerprint density at radius 3 is 2.61 bits per heavy atom. The van der Waals surface area contributed by atoms with Gasteiger partial charge >= 0.3 is 0 Å². The number of halogens is 2. The number of alkyl halides is 2. The second kappa shape index (κ2) is 10.4. The van der Waals surface area contributed by atoms with E-state index in [1.807, 2.05) is 10.6 Å². The number of aromatic nitrogens is 2. The lowest BCUT2D eigenvalue weighted by Gasteiger charge is -2.32. The Morgan fingerprint density at radius 1 is 1.16 bits per heavy atom. The summed E-state index contributed by atoms with van der Waals surface area (Å²) in [4.78, 5) is 21.8. The quantitative estimate of drug-likeness (QED) is 0.334. The lowest BCUT2D eigenvalue weighted by atomic mass is 9.99. The maximum absolute atomic E-state index is 14.2. The van der Waals surface area contributed by atoms with E-state index in [2.05, 4.69) is 34.0 Å². The van der Waals surface area contributed by atoms with Crippen LogP contribution in [0.5, 0.6) is 5.75 Å². The average molecular weight is 540 g/mol. The van der Waals surface area contributed by atoms with Crippen LogP contribution in [0.4, 0.5) is 8.78 Å². The van der Waals surface area contributed by atoms with Crippen molar-refractivity contribution >= 4 is 28.3 Å². The first-order valence-corrected chi connectivity index (χ1v) is 13.4. The number of ether oxygens (including phenoxy) is 1. The van der Waals surface area contributed by atoms with Gasteiger partial charge in [-0.15, -0.1) is 11.3 Å². The van der Waals surface area contributed by atoms with Crippen molar-refractivity contribution < 1.29 is 18.3 Å². The fourth-order valence-corrected chi connectivity index (χ4v) is 5.76. The van der Waals surface area contributed by atoms with Crippen molar-refractivity contribution in [1.29, 1.82) is 0 Å². The number of nitrogens with two attached hydrogens (primary N) is 1. The molecule has 1 aliphatic rings. The predicted octanol–water partition coefficient (Wildman–Crippen LogP) is 5.19. The van der Waals surface area contributed by atoms with Crippen LogP contribution in [0.3, 0.4) is 0 Å². The van der Waals surface area contributed by atoms with Crippen molar-refractivity contribution in [2.45, 2.75) is 32.4 Å². The molecule has 38 heavy (non-hydrogen) atoms. The van der Waals surface area contributed by atoms with E-state index in [4.69, 9.17) is 10.5 Å². The van der Waals surface area contributed by atoms with Gasteiger partial charge < -0.3 is 15.4 Å². The molecular weight excluding hydrogens is 508 g/mol. The zero-order valence-corrected chi connectivity index (χ0v) is 22.5. The van der Waals surface area contributed by atoms with Crippen LogP contribution in [-0.4, -0.2) is 58.5 Å². The first-order valence-electron chi connectivity index (χ1n) is 12.5. The number of carbonyl (C=O) groups is 1. The van der Waals surface area contributed by atoms with Crippen LogP contribution in [0.15, 0.2) is 54.9 Å². The number of thiophene rings is 1. The van der Waals surface area contributed by atoms with Gasteiger partial charge in [0.2, 0.25) is 0 Å². The summed E-state index contributed by atoms with van der Waals surface area (Å²) in [6, 6.07) is 14.2. The molecule has 1 fully saturated rings. The highest BCUT2D eigenvalue weighted by molar-refractivity contribution is 7.16. The second-order valence-corrected chi connectivity index (χ2v) is 10.9. The summed E-state index contributed by atoms with van der Waals surface area (Å²) in [5.41, 5.74) is 8.84. The molecule has 2 aromatic heterocycles. The molecule has 4 aromatic rings. The van der Waals surface area contributed by atoms with Gasteiger partial charge in [-0.1, -0.05) is 30.3 Å². The largest absolute Gasteiger partial charge is 0.484 e. The number of nitrogens with zero attached hydrogens (tertiary/aromatic N) is 4. The molecule has 0 unspecified atom stereocenters. The summed E-state index contributed by atoms with van der Waals surface area (Å²) < 4.78 is 36.4. The van der Waals surface area contributed by atoms with Crippen molar-refractivity contribution in [3.05, 3.63) is 76.4 Å². The van der Waals surface area contributed by atoms with Crippen LogP contribution in [0, 0.1) is 0 Å². The number of hydrogen-bond acceptors (Lipinski definition) is 6. The van der Waals surface area contributed by atoms with Crippen molar-refractivity contribution in [2.75, 3.05) is 33.2 Å². The van der Waals surface area contributed by atoms with E-state index in [0.717, 1.165) is 50.7 Å². The van der Waals surface area contributed by atoms with Gasteiger partial charge in [0.25, 0.3) is 11.8 Å². The molecule has 0 saturated carbocycles. The van der Waals surface area contributed by atoms with E-state index in [9.17, 15) is 13.6 Å². The minimum Gasteiger partial charge on any atom is -0.484 e. The van der Waals surface area contributed by atoms with Gasteiger partial charge in [-0.3, -0.25) is 14.3 Å². The van der Waals surface area contributed by atoms with Gasteiger partial charge in [-0.05, 0) is 31.7 Å². The van der Waals surface area contributed by atoms with Gasteiger partial charge in [-0.25, -0.2) is 13.8 Å². The maximum Gasteiger partial charge on any atom is 0.270 e. The monoisotopic (exact) mass is 539 g/mol. The topological polar surface area (TPSA) is 76.6 Å². The molecule has 2 aromatic carbocycles. The molecule has 2 N–H and O–H groups in total. The Labute approximate surface area is 224 Å². The summed E-state index contributed by atoms with van der Waals surface area (Å²) in [7, 11) is 2.14. The number of likely N-dealkylation sites (N-methyl/N-ethyl adjacent to an activating group) is 1. The molecule has 200 valence electrons. The Balaban J connectivity index is 1.44. The lowest BCUT2D eigenvalue weighted by molar-refractivity contribution is 0.0146. The van der Waals surface area contributed by atoms with Gasteiger partial charge in [0, 0.05) is 56.8 Å². The first kappa shape index (κ1) is 26.3. The standard InChI is InChI=1S/C28H31F2N5O2S/c1-18(20-6-4-5-7-21(20)28(2,29)30)37-24-15-25(38-26(24)27(31)36)35-17-32-22-9-8-19(14-23(22)35)16-34-12-10-33(3)11-13-34/h4-9,14-15,17-18H,10-13,16H2,1-3H3,(H2,31,36)/t18-/m1/s1. The predicted molar refractivity (Wildman–Crippen MR) is 145 cm³/mol. The van der Waals surface area contributed by atoms with E-state index in [1.54, 1.807) is 37.5 Å². The van der Waals surface area contributed by atoms with E-state index in [-0.39, 0.29) is 16.2 Å². The number of hydrogen-bond donors (Lipinski definition) is 1. The van der Waals surface area contributed by atoms with Crippen molar-refractivity contribution in [3.63, 3.8) is 0 Å². The number of piperazine rings is 1. The molecule has 1 saturated heterocycles. The summed E-state index contributed by atoms with van der Waals surface area (Å²) in [5.74, 6) is -3.41. The van der Waals surface area contributed by atoms with Crippen LogP contribution >= 0.6 is 11.3 Å². The molecule has 0 bridgehead atoms. The third-order valence-electron chi connectivity index (χ3n) is 6.94. The van der Waals surface area contributed by atoms with E-state index in [1.165, 1.54) is 23.0 Å². The average Bonchev–Trinajstić information content (AvgIpc) is 3.49. The molecule has 7 nitrogen and oxygen atoms in total. The number of imidazole rings is 1. The first-order chi connectivity index (χ1) is 18.1. The molecular formula is C28H31F2N5O2S. The molecule has 3 heterocycles. The zero-order valence-electron chi connectivity index (χ0n) is 21.7. The SMILES string of the molecule is C[C@@H](Oc1cc(-n2cnc3ccc(CN4CCN(C)CC4)cc32)sc1C(N)=O)c1ccccc1C(C)(F)F. The summed E-state index contributed by atoms with van der Waals surface area (Å²) in [6.45, 7) is 7.53. The summed E-state index contributed by atoms with van der Waals surface area (Å²) >= 11 is 1.19. The molecule has 0 radical (unpaired) electrons. The number of rotatable bonds is 8. The minimum atomic E-state index is -3.03.